The van der Waals surface area contributed by atoms with Crippen LogP contribution in [0.25, 0.3) is 0 Å². The minimum absolute atomic E-state index is 0.0144. The van der Waals surface area contributed by atoms with E-state index in [0.29, 0.717) is 15.9 Å². The SMILES string of the molecule is O=C(Cc1ccc(C(F)(F)F)cc1)Nc1cccnc1Br. The Labute approximate surface area is 127 Å². The maximum absolute atomic E-state index is 12.4. The molecule has 1 heterocycles. The summed E-state index contributed by atoms with van der Waals surface area (Å²) in [5.41, 5.74) is 0.275. The van der Waals surface area contributed by atoms with Crippen LogP contribution in [0.3, 0.4) is 0 Å². The highest BCUT2D eigenvalue weighted by atomic mass is 79.9. The summed E-state index contributed by atoms with van der Waals surface area (Å²) in [6.07, 6.45) is -2.82. The van der Waals surface area contributed by atoms with Crippen molar-refractivity contribution in [3.63, 3.8) is 0 Å². The molecule has 1 N–H and O–H groups in total. The van der Waals surface area contributed by atoms with Crippen molar-refractivity contribution < 1.29 is 18.0 Å². The van der Waals surface area contributed by atoms with Crippen LogP contribution in [0.4, 0.5) is 18.9 Å². The highest BCUT2D eigenvalue weighted by Crippen LogP contribution is 2.29. The van der Waals surface area contributed by atoms with Crippen molar-refractivity contribution in [1.82, 2.24) is 4.98 Å². The van der Waals surface area contributed by atoms with E-state index in [2.05, 4.69) is 26.2 Å². The first-order chi connectivity index (χ1) is 9.86. The lowest BCUT2D eigenvalue weighted by Crippen LogP contribution is -2.15. The van der Waals surface area contributed by atoms with Crippen molar-refractivity contribution >= 4 is 27.5 Å². The molecule has 0 radical (unpaired) electrons. The number of rotatable bonds is 3. The molecule has 0 spiro atoms. The highest BCUT2D eigenvalue weighted by molar-refractivity contribution is 9.10. The molecule has 0 unspecified atom stereocenters. The van der Waals surface area contributed by atoms with E-state index in [0.717, 1.165) is 12.1 Å². The van der Waals surface area contributed by atoms with Crippen LogP contribution in [0.1, 0.15) is 11.1 Å². The first-order valence-corrected chi connectivity index (χ1v) is 6.72. The molecule has 110 valence electrons. The number of amides is 1. The molecule has 0 aliphatic carbocycles. The normalized spacial score (nSPS) is 11.2. The minimum atomic E-state index is -4.37. The fraction of sp³-hybridized carbons (Fsp3) is 0.143. The topological polar surface area (TPSA) is 42.0 Å². The lowest BCUT2D eigenvalue weighted by atomic mass is 10.1. The van der Waals surface area contributed by atoms with Gasteiger partial charge < -0.3 is 5.32 Å². The molecule has 0 saturated heterocycles. The van der Waals surface area contributed by atoms with E-state index < -0.39 is 11.7 Å². The maximum Gasteiger partial charge on any atom is 0.416 e. The third kappa shape index (κ3) is 4.29. The van der Waals surface area contributed by atoms with E-state index in [1.807, 2.05) is 0 Å². The fourth-order valence-electron chi connectivity index (χ4n) is 1.67. The first kappa shape index (κ1) is 15.5. The number of hydrogen-bond acceptors (Lipinski definition) is 2. The molecule has 0 aliphatic heterocycles. The van der Waals surface area contributed by atoms with Gasteiger partial charge in [-0.2, -0.15) is 13.2 Å². The molecule has 0 fully saturated rings. The molecule has 3 nitrogen and oxygen atoms in total. The molecule has 0 atom stereocenters. The second kappa shape index (κ2) is 6.26. The van der Waals surface area contributed by atoms with Gasteiger partial charge >= 0.3 is 6.18 Å². The number of halogens is 4. The zero-order chi connectivity index (χ0) is 15.5. The lowest BCUT2D eigenvalue weighted by Gasteiger charge is -2.08. The fourth-order valence-corrected chi connectivity index (χ4v) is 2.02. The van der Waals surface area contributed by atoms with Crippen LogP contribution in [0, 0.1) is 0 Å². The molecule has 2 rings (SSSR count). The Balaban J connectivity index is 2.02. The maximum atomic E-state index is 12.4. The third-order valence-corrected chi connectivity index (χ3v) is 3.31. The van der Waals surface area contributed by atoms with E-state index >= 15 is 0 Å². The average Bonchev–Trinajstić information content (AvgIpc) is 2.41. The predicted octanol–water partition coefficient (Wildman–Crippen LogP) is 4.04. The van der Waals surface area contributed by atoms with E-state index in [1.54, 1.807) is 18.3 Å². The van der Waals surface area contributed by atoms with Gasteiger partial charge in [-0.1, -0.05) is 12.1 Å². The quantitative estimate of drug-likeness (QED) is 0.841. The summed E-state index contributed by atoms with van der Waals surface area (Å²) in [5.74, 6) is -0.330. The summed E-state index contributed by atoms with van der Waals surface area (Å²) in [4.78, 5) is 15.8. The number of anilines is 1. The molecule has 0 saturated carbocycles. The molecule has 7 heteroatoms. The first-order valence-electron chi connectivity index (χ1n) is 5.93. The van der Waals surface area contributed by atoms with Gasteiger partial charge in [-0.3, -0.25) is 4.79 Å². The number of benzene rings is 1. The van der Waals surface area contributed by atoms with Crippen LogP contribution in [0.5, 0.6) is 0 Å². The largest absolute Gasteiger partial charge is 0.416 e. The third-order valence-electron chi connectivity index (χ3n) is 2.68. The summed E-state index contributed by atoms with van der Waals surface area (Å²) < 4.78 is 37.8. The molecule has 2 aromatic rings. The van der Waals surface area contributed by atoms with Gasteiger partial charge in [0.1, 0.15) is 4.60 Å². The molecule has 1 amide bonds. The number of carbonyl (C=O) groups excluding carboxylic acids is 1. The van der Waals surface area contributed by atoms with Crippen LogP contribution in [0.2, 0.25) is 0 Å². The molecular weight excluding hydrogens is 349 g/mol. The smallest absolute Gasteiger partial charge is 0.323 e. The lowest BCUT2D eigenvalue weighted by molar-refractivity contribution is -0.137. The van der Waals surface area contributed by atoms with Crippen LogP contribution >= 0.6 is 15.9 Å². The number of aromatic nitrogens is 1. The van der Waals surface area contributed by atoms with Crippen LogP contribution in [0.15, 0.2) is 47.2 Å². The van der Waals surface area contributed by atoms with Crippen molar-refractivity contribution in [2.75, 3.05) is 5.32 Å². The van der Waals surface area contributed by atoms with Crippen LogP contribution < -0.4 is 5.32 Å². The summed E-state index contributed by atoms with van der Waals surface area (Å²) >= 11 is 3.19. The molecular formula is C14H10BrF3N2O. The summed E-state index contributed by atoms with van der Waals surface area (Å²) in [7, 11) is 0. The number of alkyl halides is 3. The number of hydrogen-bond donors (Lipinski definition) is 1. The van der Waals surface area contributed by atoms with Gasteiger partial charge in [-0.15, -0.1) is 0 Å². The Morgan fingerprint density at radius 2 is 1.86 bits per heavy atom. The zero-order valence-corrected chi connectivity index (χ0v) is 12.2. The number of pyridine rings is 1. The summed E-state index contributed by atoms with van der Waals surface area (Å²) in [6.45, 7) is 0. The molecule has 21 heavy (non-hydrogen) atoms. The Morgan fingerprint density at radius 1 is 1.19 bits per heavy atom. The summed E-state index contributed by atoms with van der Waals surface area (Å²) in [5, 5.41) is 2.63. The van der Waals surface area contributed by atoms with E-state index in [1.165, 1.54) is 12.1 Å². The van der Waals surface area contributed by atoms with Crippen molar-refractivity contribution in [3.05, 3.63) is 58.3 Å². The molecule has 0 aliphatic rings. The van der Waals surface area contributed by atoms with Gasteiger partial charge in [0.25, 0.3) is 0 Å². The second-order valence-electron chi connectivity index (χ2n) is 4.26. The standard InChI is InChI=1S/C14H10BrF3N2O/c15-13-11(2-1-7-19-13)20-12(21)8-9-3-5-10(6-4-9)14(16,17)18/h1-7H,8H2,(H,20,21). The van der Waals surface area contributed by atoms with E-state index in [-0.39, 0.29) is 12.3 Å². The predicted molar refractivity (Wildman–Crippen MR) is 75.7 cm³/mol. The Kier molecular flexibility index (Phi) is 4.62. The highest BCUT2D eigenvalue weighted by Gasteiger charge is 2.29. The Morgan fingerprint density at radius 3 is 2.43 bits per heavy atom. The van der Waals surface area contributed by atoms with Crippen molar-refractivity contribution in [3.8, 4) is 0 Å². The van der Waals surface area contributed by atoms with Crippen molar-refractivity contribution in [2.45, 2.75) is 12.6 Å². The summed E-state index contributed by atoms with van der Waals surface area (Å²) in [6, 6.07) is 7.84. The van der Waals surface area contributed by atoms with Gasteiger partial charge in [0.05, 0.1) is 17.7 Å². The zero-order valence-electron chi connectivity index (χ0n) is 10.6. The number of nitrogens with one attached hydrogen (secondary N) is 1. The average molecular weight is 359 g/mol. The van der Waals surface area contributed by atoms with E-state index in [4.69, 9.17) is 0 Å². The van der Waals surface area contributed by atoms with Gasteiger partial charge in [-0.25, -0.2) is 4.98 Å². The number of nitrogens with zero attached hydrogens (tertiary/aromatic N) is 1. The van der Waals surface area contributed by atoms with Crippen molar-refractivity contribution in [2.24, 2.45) is 0 Å². The van der Waals surface area contributed by atoms with Gasteiger partial charge in [-0.05, 0) is 45.8 Å². The Hall–Kier alpha value is -1.89. The molecule has 0 bridgehead atoms. The van der Waals surface area contributed by atoms with E-state index in [9.17, 15) is 18.0 Å². The number of carbonyl (C=O) groups is 1. The molecule has 1 aromatic heterocycles. The second-order valence-corrected chi connectivity index (χ2v) is 5.01. The Bertz CT molecular complexity index is 641. The molecule has 1 aromatic carbocycles. The monoisotopic (exact) mass is 358 g/mol. The van der Waals surface area contributed by atoms with Crippen LogP contribution in [-0.2, 0) is 17.4 Å². The van der Waals surface area contributed by atoms with Crippen LogP contribution in [-0.4, -0.2) is 10.9 Å². The van der Waals surface area contributed by atoms with Crippen molar-refractivity contribution in [1.29, 1.82) is 0 Å². The minimum Gasteiger partial charge on any atom is -0.323 e. The van der Waals surface area contributed by atoms with Gasteiger partial charge in [0.15, 0.2) is 0 Å². The van der Waals surface area contributed by atoms with Gasteiger partial charge in [0.2, 0.25) is 5.91 Å². The van der Waals surface area contributed by atoms with Gasteiger partial charge in [0, 0.05) is 6.20 Å².